The maximum atomic E-state index is 12.3. The molecule has 0 aromatic heterocycles. The molecular weight excluding hydrogens is 276 g/mol. The number of ether oxygens (including phenoxy) is 1. The molecule has 0 heterocycles. The van der Waals surface area contributed by atoms with Gasteiger partial charge in [0.05, 0.1) is 11.5 Å². The average molecular weight is 298 g/mol. The minimum absolute atomic E-state index is 0.160. The molecule has 6 heteroatoms. The molecule has 1 atom stereocenters. The Bertz CT molecular complexity index is 568. The van der Waals surface area contributed by atoms with E-state index in [9.17, 15) is 8.42 Å². The highest BCUT2D eigenvalue weighted by molar-refractivity contribution is 7.89. The van der Waals surface area contributed by atoms with Crippen molar-refractivity contribution in [1.82, 2.24) is 4.72 Å². The smallest absolute Gasteiger partial charge is 0.240 e. The first kappa shape index (κ1) is 15.3. The average Bonchev–Trinajstić information content (AvgIpc) is 3.23. The molecule has 1 aromatic rings. The topological polar surface area (TPSA) is 81.4 Å². The number of rotatable bonds is 7. The SMILES string of the molecule is CCOc1ccc(S(=O)(=O)NC(CN)C2CC2)cc1C. The Labute approximate surface area is 120 Å². The van der Waals surface area contributed by atoms with Crippen molar-refractivity contribution in [1.29, 1.82) is 0 Å². The molecule has 1 fully saturated rings. The van der Waals surface area contributed by atoms with Crippen LogP contribution in [0.15, 0.2) is 23.1 Å². The Hall–Kier alpha value is -1.11. The van der Waals surface area contributed by atoms with E-state index in [1.807, 2.05) is 13.8 Å². The van der Waals surface area contributed by atoms with Gasteiger partial charge in [-0.1, -0.05) is 0 Å². The summed E-state index contributed by atoms with van der Waals surface area (Å²) in [4.78, 5) is 0.262. The van der Waals surface area contributed by atoms with Gasteiger partial charge >= 0.3 is 0 Å². The summed E-state index contributed by atoms with van der Waals surface area (Å²) in [5.74, 6) is 1.10. The number of nitrogens with two attached hydrogens (primary N) is 1. The lowest BCUT2D eigenvalue weighted by atomic mass is 10.2. The Morgan fingerprint density at radius 2 is 2.15 bits per heavy atom. The lowest BCUT2D eigenvalue weighted by Gasteiger charge is -2.17. The van der Waals surface area contributed by atoms with Crippen LogP contribution in [0.1, 0.15) is 25.3 Å². The van der Waals surface area contributed by atoms with Crippen LogP contribution < -0.4 is 15.2 Å². The second-order valence-corrected chi connectivity index (χ2v) is 6.88. The Kier molecular flexibility index (Phi) is 4.67. The van der Waals surface area contributed by atoms with Gasteiger partial charge in [0.1, 0.15) is 5.75 Å². The van der Waals surface area contributed by atoms with Crippen LogP contribution in [0.2, 0.25) is 0 Å². The van der Waals surface area contributed by atoms with Crippen molar-refractivity contribution in [2.24, 2.45) is 11.7 Å². The molecule has 1 unspecified atom stereocenters. The fraction of sp³-hybridized carbons (Fsp3) is 0.571. The van der Waals surface area contributed by atoms with Crippen molar-refractivity contribution < 1.29 is 13.2 Å². The molecule has 1 aliphatic carbocycles. The fourth-order valence-electron chi connectivity index (χ4n) is 2.21. The van der Waals surface area contributed by atoms with E-state index >= 15 is 0 Å². The molecule has 3 N–H and O–H groups in total. The maximum Gasteiger partial charge on any atom is 0.240 e. The van der Waals surface area contributed by atoms with Crippen LogP contribution in [0.5, 0.6) is 5.75 Å². The molecule has 1 saturated carbocycles. The molecule has 0 bridgehead atoms. The molecule has 112 valence electrons. The normalized spacial score (nSPS) is 16.9. The zero-order valence-electron chi connectivity index (χ0n) is 11.9. The van der Waals surface area contributed by atoms with Crippen LogP contribution in [0, 0.1) is 12.8 Å². The summed E-state index contributed by atoms with van der Waals surface area (Å²) in [6, 6.07) is 4.74. The van der Waals surface area contributed by atoms with Gasteiger partial charge in [-0.2, -0.15) is 0 Å². The first-order chi connectivity index (χ1) is 9.47. The zero-order valence-corrected chi connectivity index (χ0v) is 12.7. The maximum absolute atomic E-state index is 12.3. The summed E-state index contributed by atoms with van der Waals surface area (Å²) >= 11 is 0. The molecule has 0 radical (unpaired) electrons. The van der Waals surface area contributed by atoms with Crippen molar-refractivity contribution in [2.75, 3.05) is 13.2 Å². The summed E-state index contributed by atoms with van der Waals surface area (Å²) in [7, 11) is -3.52. The Morgan fingerprint density at radius 3 is 2.65 bits per heavy atom. The number of benzene rings is 1. The number of hydrogen-bond acceptors (Lipinski definition) is 4. The zero-order chi connectivity index (χ0) is 14.8. The van der Waals surface area contributed by atoms with E-state index in [1.54, 1.807) is 18.2 Å². The van der Waals surface area contributed by atoms with E-state index in [0.717, 1.165) is 18.4 Å². The summed E-state index contributed by atoms with van der Waals surface area (Å²) in [5, 5.41) is 0. The highest BCUT2D eigenvalue weighted by atomic mass is 32.2. The molecule has 0 saturated heterocycles. The van der Waals surface area contributed by atoms with Crippen molar-refractivity contribution in [3.05, 3.63) is 23.8 Å². The van der Waals surface area contributed by atoms with Gasteiger partial charge in [0.25, 0.3) is 0 Å². The molecule has 1 aromatic carbocycles. The van der Waals surface area contributed by atoms with E-state index in [2.05, 4.69) is 4.72 Å². The van der Waals surface area contributed by atoms with E-state index in [-0.39, 0.29) is 10.9 Å². The lowest BCUT2D eigenvalue weighted by Crippen LogP contribution is -2.41. The van der Waals surface area contributed by atoms with E-state index in [0.29, 0.717) is 24.8 Å². The van der Waals surface area contributed by atoms with Gasteiger partial charge in [-0.05, 0) is 56.4 Å². The monoisotopic (exact) mass is 298 g/mol. The third kappa shape index (κ3) is 3.50. The minimum atomic E-state index is -3.52. The predicted octanol–water partition coefficient (Wildman–Crippen LogP) is 1.41. The van der Waals surface area contributed by atoms with Crippen molar-refractivity contribution >= 4 is 10.0 Å². The third-order valence-corrected chi connectivity index (χ3v) is 5.00. The molecule has 5 nitrogen and oxygen atoms in total. The molecule has 0 amide bonds. The van der Waals surface area contributed by atoms with E-state index in [1.165, 1.54) is 0 Å². The summed E-state index contributed by atoms with van der Waals surface area (Å²) in [6.07, 6.45) is 2.10. The van der Waals surface area contributed by atoms with Crippen molar-refractivity contribution in [3.8, 4) is 5.75 Å². The van der Waals surface area contributed by atoms with Gasteiger partial charge in [0.2, 0.25) is 10.0 Å². The predicted molar refractivity (Wildman–Crippen MR) is 78.2 cm³/mol. The molecule has 2 rings (SSSR count). The standard InChI is InChI=1S/C14H22N2O3S/c1-3-19-14-7-6-12(8-10(14)2)20(17,18)16-13(9-15)11-4-5-11/h6-8,11,13,16H,3-5,9,15H2,1-2H3. The summed E-state index contributed by atoms with van der Waals surface area (Å²) < 4.78 is 32.8. The van der Waals surface area contributed by atoms with E-state index < -0.39 is 10.0 Å². The Balaban J connectivity index is 2.18. The first-order valence-electron chi connectivity index (χ1n) is 6.93. The number of hydrogen-bond donors (Lipinski definition) is 2. The van der Waals surface area contributed by atoms with Gasteiger partial charge in [-0.3, -0.25) is 0 Å². The van der Waals surface area contributed by atoms with Crippen LogP contribution in [0.25, 0.3) is 0 Å². The molecule has 20 heavy (non-hydrogen) atoms. The summed E-state index contributed by atoms with van der Waals surface area (Å²) in [5.41, 5.74) is 6.46. The van der Waals surface area contributed by atoms with Gasteiger partial charge in [0.15, 0.2) is 0 Å². The molecule has 0 aliphatic heterocycles. The van der Waals surface area contributed by atoms with E-state index in [4.69, 9.17) is 10.5 Å². The lowest BCUT2D eigenvalue weighted by molar-refractivity contribution is 0.337. The highest BCUT2D eigenvalue weighted by Crippen LogP contribution is 2.33. The second-order valence-electron chi connectivity index (χ2n) is 5.16. The summed E-state index contributed by atoms with van der Waals surface area (Å²) in [6.45, 7) is 4.63. The van der Waals surface area contributed by atoms with Crippen LogP contribution in [0.4, 0.5) is 0 Å². The van der Waals surface area contributed by atoms with Crippen molar-refractivity contribution in [3.63, 3.8) is 0 Å². The number of sulfonamides is 1. The van der Waals surface area contributed by atoms with Gasteiger partial charge in [-0.25, -0.2) is 13.1 Å². The fourth-order valence-corrected chi connectivity index (χ4v) is 3.61. The Morgan fingerprint density at radius 1 is 1.45 bits per heavy atom. The van der Waals surface area contributed by atoms with Crippen LogP contribution in [-0.4, -0.2) is 27.6 Å². The quantitative estimate of drug-likeness (QED) is 0.797. The number of aryl methyl sites for hydroxylation is 1. The van der Waals surface area contributed by atoms with Gasteiger partial charge < -0.3 is 10.5 Å². The second kappa shape index (κ2) is 6.11. The minimum Gasteiger partial charge on any atom is -0.494 e. The largest absolute Gasteiger partial charge is 0.494 e. The van der Waals surface area contributed by atoms with Crippen LogP contribution in [0.3, 0.4) is 0 Å². The van der Waals surface area contributed by atoms with Crippen LogP contribution >= 0.6 is 0 Å². The molecule has 1 aliphatic rings. The van der Waals surface area contributed by atoms with Gasteiger partial charge in [0, 0.05) is 12.6 Å². The number of nitrogens with one attached hydrogen (secondary N) is 1. The first-order valence-corrected chi connectivity index (χ1v) is 8.42. The third-order valence-electron chi connectivity index (χ3n) is 3.51. The van der Waals surface area contributed by atoms with Crippen LogP contribution in [-0.2, 0) is 10.0 Å². The van der Waals surface area contributed by atoms with Crippen molar-refractivity contribution in [2.45, 2.75) is 37.6 Å². The highest BCUT2D eigenvalue weighted by Gasteiger charge is 2.33. The molecule has 0 spiro atoms. The van der Waals surface area contributed by atoms with Gasteiger partial charge in [-0.15, -0.1) is 0 Å². The molecular formula is C14H22N2O3S.